The minimum atomic E-state index is 0.613. The highest BCUT2D eigenvalue weighted by Crippen LogP contribution is 2.48. The number of nitrogens with one attached hydrogen (secondary N) is 1. The molecule has 2 fully saturated rings. The van der Waals surface area contributed by atoms with Gasteiger partial charge in [0, 0.05) is 0 Å². The summed E-state index contributed by atoms with van der Waals surface area (Å²) in [4.78, 5) is 0. The van der Waals surface area contributed by atoms with E-state index in [9.17, 15) is 0 Å². The van der Waals surface area contributed by atoms with Crippen LogP contribution in [0.4, 0.5) is 0 Å². The second-order valence-electron chi connectivity index (χ2n) is 3.56. The number of thioether (sulfide) groups is 2. The highest BCUT2D eigenvalue weighted by molar-refractivity contribution is 8.18. The third-order valence-electron chi connectivity index (χ3n) is 2.61. The van der Waals surface area contributed by atoms with Gasteiger partial charge in [0.25, 0.3) is 0 Å². The Morgan fingerprint density at radius 1 is 0.917 bits per heavy atom. The van der Waals surface area contributed by atoms with Gasteiger partial charge < -0.3 is 5.32 Å². The Kier molecular flexibility index (Phi) is 3.27. The van der Waals surface area contributed by atoms with E-state index in [1.165, 1.54) is 50.3 Å². The molecule has 12 heavy (non-hydrogen) atoms. The van der Waals surface area contributed by atoms with Crippen LogP contribution in [0.15, 0.2) is 0 Å². The highest BCUT2D eigenvalue weighted by atomic mass is 32.2. The summed E-state index contributed by atoms with van der Waals surface area (Å²) in [6.07, 6.45) is 5.60. The first-order valence-corrected chi connectivity index (χ1v) is 6.87. The van der Waals surface area contributed by atoms with Gasteiger partial charge in [-0.2, -0.15) is 0 Å². The van der Waals surface area contributed by atoms with Crippen molar-refractivity contribution in [3.05, 3.63) is 0 Å². The van der Waals surface area contributed by atoms with Crippen LogP contribution in [0.25, 0.3) is 0 Å². The van der Waals surface area contributed by atoms with Gasteiger partial charge in [0.1, 0.15) is 0 Å². The molecule has 2 saturated heterocycles. The molecule has 2 rings (SSSR count). The van der Waals surface area contributed by atoms with Crippen molar-refractivity contribution >= 4 is 23.5 Å². The zero-order valence-corrected chi connectivity index (χ0v) is 9.11. The maximum absolute atomic E-state index is 3.49. The van der Waals surface area contributed by atoms with Crippen molar-refractivity contribution in [3.63, 3.8) is 0 Å². The molecule has 0 aromatic rings. The average molecular weight is 203 g/mol. The number of hydrogen-bond acceptors (Lipinski definition) is 3. The van der Waals surface area contributed by atoms with Crippen molar-refractivity contribution in [3.8, 4) is 0 Å². The molecule has 3 heteroatoms. The molecule has 2 aliphatic heterocycles. The molecule has 1 nitrogen and oxygen atoms in total. The summed E-state index contributed by atoms with van der Waals surface area (Å²) in [5.74, 6) is 2.79. The van der Waals surface area contributed by atoms with Crippen LogP contribution in [-0.2, 0) is 0 Å². The summed E-state index contributed by atoms with van der Waals surface area (Å²) in [6, 6.07) is 0. The normalized spacial score (nSPS) is 30.0. The molecule has 2 aliphatic rings. The first-order valence-electron chi connectivity index (χ1n) is 4.90. The molecule has 0 amide bonds. The number of rotatable bonds is 0. The van der Waals surface area contributed by atoms with Crippen molar-refractivity contribution < 1.29 is 0 Å². The minimum Gasteiger partial charge on any atom is -0.317 e. The van der Waals surface area contributed by atoms with E-state index in [0.29, 0.717) is 4.08 Å². The molecule has 0 radical (unpaired) electrons. The van der Waals surface area contributed by atoms with Crippen molar-refractivity contribution in [1.82, 2.24) is 5.32 Å². The Morgan fingerprint density at radius 2 is 1.75 bits per heavy atom. The van der Waals surface area contributed by atoms with Gasteiger partial charge in [-0.3, -0.25) is 0 Å². The van der Waals surface area contributed by atoms with Crippen LogP contribution in [-0.4, -0.2) is 28.7 Å². The van der Waals surface area contributed by atoms with Gasteiger partial charge in [-0.1, -0.05) is 0 Å². The van der Waals surface area contributed by atoms with Gasteiger partial charge in [0.05, 0.1) is 4.08 Å². The Bertz CT molecular complexity index is 133. The second kappa shape index (κ2) is 4.25. The van der Waals surface area contributed by atoms with Gasteiger partial charge in [-0.05, 0) is 50.3 Å². The van der Waals surface area contributed by atoms with Gasteiger partial charge >= 0.3 is 0 Å². The molecule has 0 unspecified atom stereocenters. The predicted molar refractivity (Wildman–Crippen MR) is 59.0 cm³/mol. The molecule has 0 atom stereocenters. The second-order valence-corrected chi connectivity index (χ2v) is 6.78. The molecule has 0 aromatic heterocycles. The summed E-state index contributed by atoms with van der Waals surface area (Å²) >= 11 is 4.45. The molecule has 1 N–H and O–H groups in total. The topological polar surface area (TPSA) is 12.0 Å². The van der Waals surface area contributed by atoms with Crippen LogP contribution in [0.5, 0.6) is 0 Å². The molecular weight excluding hydrogens is 186 g/mol. The fourth-order valence-corrected chi connectivity index (χ4v) is 5.32. The van der Waals surface area contributed by atoms with E-state index in [-0.39, 0.29) is 0 Å². The van der Waals surface area contributed by atoms with Gasteiger partial charge in [0.15, 0.2) is 0 Å². The molecule has 0 saturated carbocycles. The molecule has 0 aliphatic carbocycles. The Labute approximate surface area is 83.4 Å². The maximum atomic E-state index is 3.49. The SMILES string of the molecule is C1CSC2(CCCNCC2)SC1. The minimum absolute atomic E-state index is 0.613. The van der Waals surface area contributed by atoms with E-state index in [2.05, 4.69) is 28.8 Å². The molecule has 2 heterocycles. The van der Waals surface area contributed by atoms with Crippen LogP contribution < -0.4 is 5.32 Å². The smallest absolute Gasteiger partial charge is 0.0623 e. The molecular formula is C9H17NS2. The van der Waals surface area contributed by atoms with E-state index >= 15 is 0 Å². The summed E-state index contributed by atoms with van der Waals surface area (Å²) in [7, 11) is 0. The van der Waals surface area contributed by atoms with Crippen molar-refractivity contribution in [2.75, 3.05) is 24.6 Å². The van der Waals surface area contributed by atoms with Gasteiger partial charge in [0.2, 0.25) is 0 Å². The van der Waals surface area contributed by atoms with Crippen molar-refractivity contribution in [1.29, 1.82) is 0 Å². The Hall–Kier alpha value is 0.660. The van der Waals surface area contributed by atoms with Crippen LogP contribution in [0.2, 0.25) is 0 Å². The third-order valence-corrected chi connectivity index (χ3v) is 6.17. The summed E-state index contributed by atoms with van der Waals surface area (Å²) in [6.45, 7) is 2.48. The zero-order chi connectivity index (χ0) is 8.28. The Morgan fingerprint density at radius 3 is 2.58 bits per heavy atom. The fourth-order valence-electron chi connectivity index (χ4n) is 1.92. The summed E-state index contributed by atoms with van der Waals surface area (Å²) in [5, 5.41) is 3.49. The molecule has 0 bridgehead atoms. The lowest BCUT2D eigenvalue weighted by Gasteiger charge is -2.34. The summed E-state index contributed by atoms with van der Waals surface area (Å²) in [5.41, 5.74) is 0. The fraction of sp³-hybridized carbons (Fsp3) is 1.00. The maximum Gasteiger partial charge on any atom is 0.0623 e. The van der Waals surface area contributed by atoms with Crippen molar-refractivity contribution in [2.45, 2.75) is 29.8 Å². The van der Waals surface area contributed by atoms with Crippen LogP contribution >= 0.6 is 23.5 Å². The van der Waals surface area contributed by atoms with Crippen LogP contribution in [0, 0.1) is 0 Å². The summed E-state index contributed by atoms with van der Waals surface area (Å²) < 4.78 is 0.613. The van der Waals surface area contributed by atoms with E-state index in [1.807, 2.05) is 0 Å². The first-order chi connectivity index (χ1) is 5.91. The van der Waals surface area contributed by atoms with E-state index < -0.39 is 0 Å². The first kappa shape index (κ1) is 9.22. The van der Waals surface area contributed by atoms with Gasteiger partial charge in [-0.25, -0.2) is 0 Å². The molecule has 0 aromatic carbocycles. The lowest BCUT2D eigenvalue weighted by Crippen LogP contribution is -2.26. The highest BCUT2D eigenvalue weighted by Gasteiger charge is 2.33. The Balaban J connectivity index is 1.95. The standard InChI is InChI=1S/C9H17NS2/c1-3-9(4-6-10-5-1)11-7-2-8-12-9/h10H,1-8H2. The van der Waals surface area contributed by atoms with E-state index in [4.69, 9.17) is 0 Å². The quantitative estimate of drug-likeness (QED) is 0.649. The van der Waals surface area contributed by atoms with E-state index in [1.54, 1.807) is 0 Å². The monoisotopic (exact) mass is 203 g/mol. The van der Waals surface area contributed by atoms with Crippen molar-refractivity contribution in [2.24, 2.45) is 0 Å². The lowest BCUT2D eigenvalue weighted by molar-refractivity contribution is 0.689. The third kappa shape index (κ3) is 2.12. The largest absolute Gasteiger partial charge is 0.317 e. The lowest BCUT2D eigenvalue weighted by atomic mass is 10.2. The van der Waals surface area contributed by atoms with Crippen LogP contribution in [0.1, 0.15) is 25.7 Å². The van der Waals surface area contributed by atoms with Crippen LogP contribution in [0.3, 0.4) is 0 Å². The molecule has 70 valence electrons. The van der Waals surface area contributed by atoms with Gasteiger partial charge in [-0.15, -0.1) is 23.5 Å². The number of hydrogen-bond donors (Lipinski definition) is 1. The molecule has 1 spiro atoms. The predicted octanol–water partition coefficient (Wildman–Crippen LogP) is 2.33. The van der Waals surface area contributed by atoms with E-state index in [0.717, 1.165) is 0 Å². The average Bonchev–Trinajstić information content (AvgIpc) is 2.33. The zero-order valence-electron chi connectivity index (χ0n) is 7.47.